The van der Waals surface area contributed by atoms with Crippen molar-refractivity contribution in [1.82, 2.24) is 9.36 Å². The number of para-hydroxylation sites is 1. The minimum absolute atomic E-state index is 0.189. The highest BCUT2D eigenvalue weighted by Gasteiger charge is 2.33. The summed E-state index contributed by atoms with van der Waals surface area (Å²) in [6.45, 7) is 5.09. The number of aromatic nitrogens is 2. The van der Waals surface area contributed by atoms with Gasteiger partial charge < -0.3 is 10.1 Å². The van der Waals surface area contributed by atoms with Gasteiger partial charge in [-0.15, -0.1) is 0 Å². The normalized spacial score (nSPS) is 15.4. The maximum Gasteiger partial charge on any atom is 0.295 e. The van der Waals surface area contributed by atoms with Gasteiger partial charge in [0.1, 0.15) is 18.0 Å². The molecule has 0 bridgehead atoms. The maximum atomic E-state index is 13.0. The van der Waals surface area contributed by atoms with E-state index in [0.717, 1.165) is 5.56 Å². The van der Waals surface area contributed by atoms with Gasteiger partial charge in [-0.2, -0.15) is 0 Å². The fraction of sp³-hybridized carbons (Fsp3) is 0.261. The SMILES string of the molecule is Cc1ccc2c(c1)N(CC(=O)Nc1c(C)n(C)n(-c3ccccc3)c1=O)C(=O)C(C)O2. The summed E-state index contributed by atoms with van der Waals surface area (Å²) in [6, 6.07) is 14.7. The van der Waals surface area contributed by atoms with Crippen LogP contribution in [0, 0.1) is 13.8 Å². The third kappa shape index (κ3) is 3.61. The molecule has 1 aliphatic heterocycles. The van der Waals surface area contributed by atoms with Gasteiger partial charge >= 0.3 is 0 Å². The predicted molar refractivity (Wildman–Crippen MR) is 118 cm³/mol. The number of amides is 2. The number of nitrogens with zero attached hydrogens (tertiary/aromatic N) is 3. The zero-order chi connectivity index (χ0) is 22.3. The molecule has 3 aromatic rings. The van der Waals surface area contributed by atoms with Crippen molar-refractivity contribution in [3.8, 4) is 11.4 Å². The molecule has 2 amide bonds. The number of ether oxygens (including phenoxy) is 1. The van der Waals surface area contributed by atoms with Crippen molar-refractivity contribution in [2.45, 2.75) is 26.9 Å². The standard InChI is InChI=1S/C23H24N4O4/c1-14-10-11-19-18(12-14)26(22(29)16(3)31-19)13-20(28)24-21-15(2)25(4)27(23(21)30)17-8-6-5-7-9-17/h5-12,16H,13H2,1-4H3,(H,24,28). The van der Waals surface area contributed by atoms with Gasteiger partial charge in [0, 0.05) is 7.05 Å². The first kappa shape index (κ1) is 20.5. The molecule has 0 saturated heterocycles. The molecular weight excluding hydrogens is 396 g/mol. The van der Waals surface area contributed by atoms with Gasteiger partial charge in [0.05, 0.1) is 17.1 Å². The van der Waals surface area contributed by atoms with Gasteiger partial charge in [-0.05, 0) is 50.6 Å². The quantitative estimate of drug-likeness (QED) is 0.703. The Morgan fingerprint density at radius 2 is 1.81 bits per heavy atom. The number of hydrogen-bond donors (Lipinski definition) is 1. The third-order valence-corrected chi connectivity index (χ3v) is 5.44. The Kier molecular flexibility index (Phi) is 5.14. The number of benzene rings is 2. The predicted octanol–water partition coefficient (Wildman–Crippen LogP) is 2.55. The first-order valence-corrected chi connectivity index (χ1v) is 10.0. The molecule has 0 aliphatic carbocycles. The van der Waals surface area contributed by atoms with Gasteiger partial charge in [0.15, 0.2) is 6.10 Å². The molecule has 1 atom stereocenters. The fourth-order valence-electron chi connectivity index (χ4n) is 3.71. The molecule has 1 N–H and O–H groups in total. The van der Waals surface area contributed by atoms with Crippen LogP contribution < -0.4 is 20.5 Å². The lowest BCUT2D eigenvalue weighted by atomic mass is 10.1. The summed E-state index contributed by atoms with van der Waals surface area (Å²) in [4.78, 5) is 40.0. The number of hydrogen-bond acceptors (Lipinski definition) is 4. The lowest BCUT2D eigenvalue weighted by Crippen LogP contribution is -2.47. The van der Waals surface area contributed by atoms with Crippen LogP contribution in [-0.4, -0.2) is 33.8 Å². The van der Waals surface area contributed by atoms with E-state index < -0.39 is 12.0 Å². The van der Waals surface area contributed by atoms with Crippen molar-refractivity contribution in [1.29, 1.82) is 0 Å². The van der Waals surface area contributed by atoms with Crippen molar-refractivity contribution >= 4 is 23.2 Å². The number of anilines is 2. The Hall–Kier alpha value is -3.81. The smallest absolute Gasteiger partial charge is 0.295 e. The van der Waals surface area contributed by atoms with E-state index in [1.165, 1.54) is 9.58 Å². The Morgan fingerprint density at radius 1 is 1.10 bits per heavy atom. The first-order chi connectivity index (χ1) is 14.8. The lowest BCUT2D eigenvalue weighted by Gasteiger charge is -2.32. The van der Waals surface area contributed by atoms with Crippen molar-refractivity contribution in [3.05, 3.63) is 70.1 Å². The van der Waals surface area contributed by atoms with E-state index in [9.17, 15) is 14.4 Å². The Labute approximate surface area is 179 Å². The van der Waals surface area contributed by atoms with Crippen LogP contribution in [0.25, 0.3) is 5.69 Å². The van der Waals surface area contributed by atoms with Crippen LogP contribution in [0.3, 0.4) is 0 Å². The van der Waals surface area contributed by atoms with Gasteiger partial charge in [-0.1, -0.05) is 24.3 Å². The summed E-state index contributed by atoms with van der Waals surface area (Å²) in [7, 11) is 1.76. The lowest BCUT2D eigenvalue weighted by molar-refractivity contribution is -0.127. The van der Waals surface area contributed by atoms with E-state index in [0.29, 0.717) is 22.8 Å². The molecule has 31 heavy (non-hydrogen) atoms. The van der Waals surface area contributed by atoms with E-state index in [2.05, 4.69) is 5.32 Å². The number of fused-ring (bicyclic) bond motifs is 1. The molecule has 0 spiro atoms. The van der Waals surface area contributed by atoms with E-state index >= 15 is 0 Å². The zero-order valence-electron chi connectivity index (χ0n) is 17.9. The van der Waals surface area contributed by atoms with Crippen LogP contribution in [-0.2, 0) is 16.6 Å². The van der Waals surface area contributed by atoms with E-state index in [1.807, 2.05) is 49.4 Å². The molecule has 1 aliphatic rings. The number of carbonyl (C=O) groups is 2. The molecular formula is C23H24N4O4. The first-order valence-electron chi connectivity index (χ1n) is 10.0. The molecule has 8 heteroatoms. The van der Waals surface area contributed by atoms with Gasteiger partial charge in [-0.3, -0.25) is 24.0 Å². The van der Waals surface area contributed by atoms with Crippen LogP contribution in [0.5, 0.6) is 5.75 Å². The molecule has 160 valence electrons. The second-order valence-electron chi connectivity index (χ2n) is 7.64. The highest BCUT2D eigenvalue weighted by Crippen LogP contribution is 2.34. The van der Waals surface area contributed by atoms with Crippen LogP contribution in [0.1, 0.15) is 18.2 Å². The van der Waals surface area contributed by atoms with Crippen LogP contribution in [0.15, 0.2) is 53.3 Å². The van der Waals surface area contributed by atoms with E-state index in [4.69, 9.17) is 4.74 Å². The molecule has 0 saturated carbocycles. The van der Waals surface area contributed by atoms with E-state index in [1.54, 1.807) is 31.6 Å². The second kappa shape index (κ2) is 7.79. The van der Waals surface area contributed by atoms with Gasteiger partial charge in [0.2, 0.25) is 5.91 Å². The Morgan fingerprint density at radius 3 is 2.52 bits per heavy atom. The highest BCUT2D eigenvalue weighted by molar-refractivity contribution is 6.06. The van der Waals surface area contributed by atoms with Crippen molar-refractivity contribution in [2.24, 2.45) is 7.05 Å². The van der Waals surface area contributed by atoms with Crippen molar-refractivity contribution in [3.63, 3.8) is 0 Å². The summed E-state index contributed by atoms with van der Waals surface area (Å²) < 4.78 is 8.84. The average molecular weight is 420 g/mol. The molecule has 1 unspecified atom stereocenters. The summed E-state index contributed by atoms with van der Waals surface area (Å²) in [5.74, 6) is -0.214. The average Bonchev–Trinajstić information content (AvgIpc) is 2.95. The molecule has 2 aromatic carbocycles. The summed E-state index contributed by atoms with van der Waals surface area (Å²) in [6.07, 6.45) is -0.697. The maximum absolute atomic E-state index is 13.0. The summed E-state index contributed by atoms with van der Waals surface area (Å²) >= 11 is 0. The molecule has 4 rings (SSSR count). The molecule has 0 fully saturated rings. The van der Waals surface area contributed by atoms with Crippen LogP contribution >= 0.6 is 0 Å². The summed E-state index contributed by atoms with van der Waals surface area (Å²) in [5.41, 5.74) is 2.65. The Bertz CT molecular complexity index is 1230. The molecule has 2 heterocycles. The molecule has 1 aromatic heterocycles. The molecule has 0 radical (unpaired) electrons. The monoisotopic (exact) mass is 420 g/mol. The minimum Gasteiger partial charge on any atom is -0.479 e. The number of rotatable bonds is 4. The zero-order valence-corrected chi connectivity index (χ0v) is 17.9. The van der Waals surface area contributed by atoms with Gasteiger partial charge in [0.25, 0.3) is 11.5 Å². The summed E-state index contributed by atoms with van der Waals surface area (Å²) in [5, 5.41) is 2.71. The third-order valence-electron chi connectivity index (χ3n) is 5.44. The topological polar surface area (TPSA) is 85.6 Å². The highest BCUT2D eigenvalue weighted by atomic mass is 16.5. The van der Waals surface area contributed by atoms with Crippen molar-refractivity contribution < 1.29 is 14.3 Å². The fourth-order valence-corrected chi connectivity index (χ4v) is 3.71. The minimum atomic E-state index is -0.697. The van der Waals surface area contributed by atoms with Gasteiger partial charge in [-0.25, -0.2) is 4.68 Å². The largest absolute Gasteiger partial charge is 0.479 e. The second-order valence-corrected chi connectivity index (χ2v) is 7.64. The number of aryl methyl sites for hydroxylation is 1. The van der Waals surface area contributed by atoms with E-state index in [-0.39, 0.29) is 23.7 Å². The number of carbonyl (C=O) groups excluding carboxylic acids is 2. The van der Waals surface area contributed by atoms with Crippen molar-refractivity contribution in [2.75, 3.05) is 16.8 Å². The molecule has 8 nitrogen and oxygen atoms in total. The number of nitrogens with one attached hydrogen (secondary N) is 1. The Balaban J connectivity index is 1.63. The van der Waals surface area contributed by atoms with Crippen LogP contribution in [0.2, 0.25) is 0 Å². The van der Waals surface area contributed by atoms with Crippen LogP contribution in [0.4, 0.5) is 11.4 Å².